The molecule has 1 aliphatic carbocycles. The maximum atomic E-state index is 13.7. The van der Waals surface area contributed by atoms with E-state index in [0.717, 1.165) is 31.0 Å². The van der Waals surface area contributed by atoms with E-state index in [1.165, 1.54) is 0 Å². The second-order valence-corrected chi connectivity index (χ2v) is 8.95. The van der Waals surface area contributed by atoms with Gasteiger partial charge < -0.3 is 26.0 Å². The van der Waals surface area contributed by atoms with Crippen LogP contribution in [0.5, 0.6) is 0 Å². The van der Waals surface area contributed by atoms with Crippen LogP contribution in [0.25, 0.3) is 0 Å². The normalized spacial score (nSPS) is 25.4. The molecule has 1 aromatic carbocycles. The summed E-state index contributed by atoms with van der Waals surface area (Å²) < 4.78 is 27.4. The highest BCUT2D eigenvalue weighted by Gasteiger charge is 2.40. The van der Waals surface area contributed by atoms with E-state index >= 15 is 0 Å². The summed E-state index contributed by atoms with van der Waals surface area (Å²) in [5.74, 6) is -2.53. The van der Waals surface area contributed by atoms with Crippen LogP contribution in [0.4, 0.5) is 8.78 Å². The van der Waals surface area contributed by atoms with E-state index in [2.05, 4.69) is 16.0 Å². The molecule has 32 heavy (non-hydrogen) atoms. The van der Waals surface area contributed by atoms with Crippen LogP contribution in [-0.2, 0) is 20.8 Å². The van der Waals surface area contributed by atoms with Crippen LogP contribution in [0.3, 0.4) is 0 Å². The number of benzene rings is 1. The Morgan fingerprint density at radius 3 is 2.56 bits per heavy atom. The highest BCUT2D eigenvalue weighted by molar-refractivity contribution is 5.89. The molecule has 0 bridgehead atoms. The molecule has 174 valence electrons. The van der Waals surface area contributed by atoms with Gasteiger partial charge in [0.25, 0.3) is 0 Å². The van der Waals surface area contributed by atoms with Gasteiger partial charge in [0.05, 0.1) is 18.1 Å². The molecule has 4 rings (SSSR count). The minimum Gasteiger partial charge on any atom is -0.389 e. The van der Waals surface area contributed by atoms with E-state index in [1.807, 2.05) is 0 Å². The number of nitrogens with one attached hydrogen (secondary N) is 3. The smallest absolute Gasteiger partial charge is 0.239 e. The predicted octanol–water partition coefficient (Wildman–Crippen LogP) is -0.300. The summed E-state index contributed by atoms with van der Waals surface area (Å²) in [4.78, 5) is 39.2. The molecule has 4 atom stereocenters. The molecule has 3 fully saturated rings. The minimum atomic E-state index is -1.34. The fourth-order valence-corrected chi connectivity index (χ4v) is 4.40. The molecular formula is C22H28F2N4O4. The number of likely N-dealkylation sites (tertiary alicyclic amines) is 1. The molecule has 1 unspecified atom stereocenters. The zero-order valence-corrected chi connectivity index (χ0v) is 17.7. The van der Waals surface area contributed by atoms with E-state index in [-0.39, 0.29) is 24.3 Å². The number of hydrogen-bond donors (Lipinski definition) is 4. The summed E-state index contributed by atoms with van der Waals surface area (Å²) in [5.41, 5.74) is 0.237. The second-order valence-electron chi connectivity index (χ2n) is 8.95. The molecule has 2 saturated heterocycles. The lowest BCUT2D eigenvalue weighted by Crippen LogP contribution is -2.63. The van der Waals surface area contributed by atoms with Gasteiger partial charge in [-0.3, -0.25) is 14.4 Å². The summed E-state index contributed by atoms with van der Waals surface area (Å²) in [7, 11) is 0. The van der Waals surface area contributed by atoms with Gasteiger partial charge in [-0.1, -0.05) is 0 Å². The van der Waals surface area contributed by atoms with Crippen LogP contribution in [0.15, 0.2) is 18.2 Å². The zero-order chi connectivity index (χ0) is 22.8. The maximum absolute atomic E-state index is 13.7. The van der Waals surface area contributed by atoms with Crippen LogP contribution < -0.4 is 16.0 Å². The third kappa shape index (κ3) is 5.42. The number of nitrogens with zero attached hydrogens (tertiary/aromatic N) is 1. The van der Waals surface area contributed by atoms with Gasteiger partial charge in [-0.25, -0.2) is 8.78 Å². The molecule has 0 radical (unpaired) electrons. The number of aliphatic hydroxyl groups excluding tert-OH is 1. The number of carbonyl (C=O) groups is 3. The van der Waals surface area contributed by atoms with Crippen LogP contribution in [-0.4, -0.2) is 72.1 Å². The quantitative estimate of drug-likeness (QED) is 0.435. The lowest BCUT2D eigenvalue weighted by Gasteiger charge is -2.33. The van der Waals surface area contributed by atoms with Gasteiger partial charge >= 0.3 is 0 Å². The Morgan fingerprint density at radius 2 is 1.91 bits per heavy atom. The van der Waals surface area contributed by atoms with Crippen molar-refractivity contribution in [2.45, 2.75) is 43.9 Å². The molecule has 10 heteroatoms. The van der Waals surface area contributed by atoms with Gasteiger partial charge in [-0.2, -0.15) is 0 Å². The Kier molecular flexibility index (Phi) is 6.71. The first-order valence-electron chi connectivity index (χ1n) is 11.0. The molecule has 3 amide bonds. The number of carbonyl (C=O) groups excluding carboxylic acids is 3. The molecule has 2 aliphatic heterocycles. The predicted molar refractivity (Wildman–Crippen MR) is 110 cm³/mol. The van der Waals surface area contributed by atoms with E-state index in [0.29, 0.717) is 32.1 Å². The number of hydrogen-bond acceptors (Lipinski definition) is 5. The van der Waals surface area contributed by atoms with Crippen molar-refractivity contribution in [3.63, 3.8) is 0 Å². The Morgan fingerprint density at radius 1 is 1.19 bits per heavy atom. The Balaban J connectivity index is 1.48. The highest BCUT2D eigenvalue weighted by atomic mass is 19.1. The number of halogens is 2. The standard InChI is InChI=1S/C22H28F2N4O4/c23-15-5-13(6-16(24)9-15)7-17(20(30)19-22(32)26-4-3-25-19)27-21(31)14-8-18(29)28(11-14)10-12-1-2-12/h5-6,9,12,14,17,19-20,25,30H,1-4,7-8,10-11H2,(H,26,32)(H,27,31)/t14?,17-,19-,20-/m0/s1. The number of aliphatic hydroxyl groups is 1. The molecule has 4 N–H and O–H groups in total. The fraction of sp³-hybridized carbons (Fsp3) is 0.591. The van der Waals surface area contributed by atoms with Gasteiger partial charge in [0.1, 0.15) is 17.7 Å². The lowest BCUT2D eigenvalue weighted by atomic mass is 9.94. The van der Waals surface area contributed by atoms with E-state index in [4.69, 9.17) is 0 Å². The zero-order valence-electron chi connectivity index (χ0n) is 17.7. The number of amides is 3. The molecule has 1 saturated carbocycles. The minimum absolute atomic E-state index is 0.0744. The van der Waals surface area contributed by atoms with Crippen molar-refractivity contribution in [3.8, 4) is 0 Å². The topological polar surface area (TPSA) is 111 Å². The van der Waals surface area contributed by atoms with Crippen LogP contribution in [0.2, 0.25) is 0 Å². The fourth-order valence-electron chi connectivity index (χ4n) is 4.40. The van der Waals surface area contributed by atoms with Gasteiger partial charge in [-0.15, -0.1) is 0 Å². The van der Waals surface area contributed by atoms with Crippen molar-refractivity contribution in [2.24, 2.45) is 11.8 Å². The van der Waals surface area contributed by atoms with Gasteiger partial charge in [0, 0.05) is 38.7 Å². The first-order valence-corrected chi connectivity index (χ1v) is 11.0. The van der Waals surface area contributed by atoms with Crippen molar-refractivity contribution >= 4 is 17.7 Å². The largest absolute Gasteiger partial charge is 0.389 e. The molecule has 0 aromatic heterocycles. The molecule has 0 spiro atoms. The lowest BCUT2D eigenvalue weighted by molar-refractivity contribution is -0.131. The molecular weight excluding hydrogens is 422 g/mol. The molecule has 8 nitrogen and oxygen atoms in total. The van der Waals surface area contributed by atoms with Crippen LogP contribution in [0, 0.1) is 23.5 Å². The van der Waals surface area contributed by atoms with Gasteiger partial charge in [0.2, 0.25) is 17.7 Å². The van der Waals surface area contributed by atoms with Crippen LogP contribution in [0.1, 0.15) is 24.8 Å². The Hall–Kier alpha value is -2.59. The van der Waals surface area contributed by atoms with E-state index < -0.39 is 47.6 Å². The van der Waals surface area contributed by atoms with Crippen molar-refractivity contribution in [2.75, 3.05) is 26.2 Å². The average molecular weight is 450 g/mol. The summed E-state index contributed by atoms with van der Waals surface area (Å²) >= 11 is 0. The second kappa shape index (κ2) is 9.50. The Labute approximate surface area is 184 Å². The maximum Gasteiger partial charge on any atom is 0.239 e. The van der Waals surface area contributed by atoms with Crippen molar-refractivity contribution in [1.29, 1.82) is 0 Å². The molecule has 2 heterocycles. The summed E-state index contributed by atoms with van der Waals surface area (Å²) in [5, 5.41) is 19.2. The number of rotatable bonds is 8. The highest BCUT2D eigenvalue weighted by Crippen LogP contribution is 2.32. The van der Waals surface area contributed by atoms with Crippen molar-refractivity contribution in [1.82, 2.24) is 20.9 Å². The Bertz CT molecular complexity index is 874. The molecule has 1 aromatic rings. The monoisotopic (exact) mass is 450 g/mol. The van der Waals surface area contributed by atoms with Gasteiger partial charge in [-0.05, 0) is 42.9 Å². The first-order chi connectivity index (χ1) is 15.3. The SMILES string of the molecule is O=C(N[C@@H](Cc1cc(F)cc(F)c1)[C@H](O)[C@@H]1NCCNC1=O)C1CC(=O)N(CC2CC2)C1. The van der Waals surface area contributed by atoms with Crippen molar-refractivity contribution in [3.05, 3.63) is 35.4 Å². The third-order valence-corrected chi connectivity index (χ3v) is 6.29. The third-order valence-electron chi connectivity index (χ3n) is 6.29. The first kappa shape index (κ1) is 22.6. The van der Waals surface area contributed by atoms with Crippen molar-refractivity contribution < 1.29 is 28.3 Å². The molecule has 3 aliphatic rings. The summed E-state index contributed by atoms with van der Waals surface area (Å²) in [6.07, 6.45) is 0.841. The summed E-state index contributed by atoms with van der Waals surface area (Å²) in [6, 6.07) is 1.02. The van der Waals surface area contributed by atoms with Crippen LogP contribution >= 0.6 is 0 Å². The number of piperazine rings is 1. The van der Waals surface area contributed by atoms with Gasteiger partial charge in [0.15, 0.2) is 0 Å². The van der Waals surface area contributed by atoms with E-state index in [9.17, 15) is 28.3 Å². The van der Waals surface area contributed by atoms with E-state index in [1.54, 1.807) is 4.90 Å². The average Bonchev–Trinajstić information content (AvgIpc) is 3.47. The summed E-state index contributed by atoms with van der Waals surface area (Å²) in [6.45, 7) is 1.81.